The summed E-state index contributed by atoms with van der Waals surface area (Å²) in [6.45, 7) is -0.00271. The molecule has 1 aromatic heterocycles. The molecule has 27 heavy (non-hydrogen) atoms. The van der Waals surface area contributed by atoms with Crippen LogP contribution in [0.5, 0.6) is 17.4 Å². The molecule has 8 nitrogen and oxygen atoms in total. The Hall–Kier alpha value is -3.55. The third-order valence-electron chi connectivity index (χ3n) is 4.07. The molecule has 0 saturated carbocycles. The normalized spacial score (nSPS) is 10.5. The van der Waals surface area contributed by atoms with Crippen LogP contribution in [0.25, 0.3) is 5.69 Å². The van der Waals surface area contributed by atoms with E-state index >= 15 is 0 Å². The lowest BCUT2D eigenvalue weighted by Gasteiger charge is -2.19. The first kappa shape index (κ1) is 18.2. The van der Waals surface area contributed by atoms with Crippen LogP contribution in [0, 0.1) is 0 Å². The Morgan fingerprint density at radius 1 is 1.11 bits per heavy atom. The fourth-order valence-electron chi connectivity index (χ4n) is 2.72. The number of rotatable bonds is 6. The molecule has 0 aliphatic rings. The first-order valence-corrected chi connectivity index (χ1v) is 8.16. The van der Waals surface area contributed by atoms with Crippen molar-refractivity contribution in [2.75, 3.05) is 21.3 Å². The van der Waals surface area contributed by atoms with E-state index in [1.54, 1.807) is 37.4 Å². The molecule has 0 fully saturated rings. The zero-order valence-corrected chi connectivity index (χ0v) is 15.2. The number of methoxy groups -OCH3 is 2. The molecule has 1 amide bonds. The average Bonchev–Trinajstić information content (AvgIpc) is 3.07. The van der Waals surface area contributed by atoms with Gasteiger partial charge >= 0.3 is 0 Å². The highest BCUT2D eigenvalue weighted by Gasteiger charge is 2.27. The van der Waals surface area contributed by atoms with Gasteiger partial charge in [-0.1, -0.05) is 24.3 Å². The number of benzene rings is 2. The zero-order chi connectivity index (χ0) is 19.4. The van der Waals surface area contributed by atoms with Gasteiger partial charge in [-0.05, 0) is 16.8 Å². The van der Waals surface area contributed by atoms with Crippen molar-refractivity contribution in [2.45, 2.75) is 6.54 Å². The van der Waals surface area contributed by atoms with Crippen LogP contribution in [-0.4, -0.2) is 37.3 Å². The molecule has 8 heteroatoms. The first-order valence-electron chi connectivity index (χ1n) is 8.16. The lowest BCUT2D eigenvalue weighted by atomic mass is 10.1. The van der Waals surface area contributed by atoms with Crippen LogP contribution in [0.1, 0.15) is 16.1 Å². The minimum atomic E-state index is -0.606. The summed E-state index contributed by atoms with van der Waals surface area (Å²) in [6, 6.07) is 14.1. The summed E-state index contributed by atoms with van der Waals surface area (Å²) in [5.74, 6) is -0.195. The van der Waals surface area contributed by atoms with Gasteiger partial charge in [-0.2, -0.15) is 0 Å². The number of hydrogen-bond acceptors (Lipinski definition) is 6. The Kier molecular flexibility index (Phi) is 5.25. The van der Waals surface area contributed by atoms with Gasteiger partial charge in [0, 0.05) is 19.2 Å². The molecule has 0 unspecified atom stereocenters. The molecule has 0 saturated heterocycles. The lowest BCUT2D eigenvalue weighted by Crippen LogP contribution is -2.40. The Labute approximate surface area is 156 Å². The molecule has 0 bridgehead atoms. The molecule has 0 aliphatic carbocycles. The second kappa shape index (κ2) is 7.77. The first-order chi connectivity index (χ1) is 13.1. The Morgan fingerprint density at radius 3 is 2.33 bits per heavy atom. The minimum Gasteiger partial charge on any atom is -0.539 e. The Balaban J connectivity index is 1.93. The van der Waals surface area contributed by atoms with Crippen molar-refractivity contribution in [2.24, 2.45) is 0 Å². The number of para-hydroxylation sites is 1. The van der Waals surface area contributed by atoms with Gasteiger partial charge in [-0.15, -0.1) is 0 Å². The van der Waals surface area contributed by atoms with Gasteiger partial charge in [0.2, 0.25) is 5.69 Å². The SMILES string of the molecule is COc1cccc(OC)c1C(=O)N(C)Cc1c([O-])on[n+]1-c1ccccc1. The van der Waals surface area contributed by atoms with Gasteiger partial charge in [0.05, 0.1) is 19.5 Å². The number of carbonyl (C=O) groups is 1. The van der Waals surface area contributed by atoms with Gasteiger partial charge in [0.1, 0.15) is 23.6 Å². The van der Waals surface area contributed by atoms with Gasteiger partial charge in [0.25, 0.3) is 11.6 Å². The van der Waals surface area contributed by atoms with Gasteiger partial charge in [-0.3, -0.25) is 4.79 Å². The zero-order valence-electron chi connectivity index (χ0n) is 15.2. The molecule has 0 atom stereocenters. The maximum atomic E-state index is 13.0. The van der Waals surface area contributed by atoms with E-state index in [4.69, 9.17) is 14.0 Å². The van der Waals surface area contributed by atoms with E-state index in [-0.39, 0.29) is 23.7 Å². The highest BCUT2D eigenvalue weighted by molar-refractivity contribution is 5.99. The number of carbonyl (C=O) groups excluding carboxylic acids is 1. The molecule has 0 N–H and O–H groups in total. The average molecular weight is 369 g/mol. The predicted molar refractivity (Wildman–Crippen MR) is 92.8 cm³/mol. The van der Waals surface area contributed by atoms with Crippen LogP contribution >= 0.6 is 0 Å². The summed E-state index contributed by atoms with van der Waals surface area (Å²) in [7, 11) is 4.53. The number of amides is 1. The molecule has 0 radical (unpaired) electrons. The molecular formula is C19H19N3O5. The molecule has 3 aromatic rings. The number of nitrogens with zero attached hydrogens (tertiary/aromatic N) is 3. The van der Waals surface area contributed by atoms with E-state index in [0.717, 1.165) is 0 Å². The van der Waals surface area contributed by atoms with E-state index in [1.807, 2.05) is 18.2 Å². The van der Waals surface area contributed by atoms with Crippen LogP contribution in [-0.2, 0) is 6.54 Å². The third-order valence-corrected chi connectivity index (χ3v) is 4.07. The summed E-state index contributed by atoms with van der Waals surface area (Å²) in [4.78, 5) is 14.4. The number of ether oxygens (including phenoxy) is 2. The van der Waals surface area contributed by atoms with Crippen molar-refractivity contribution in [1.29, 1.82) is 0 Å². The van der Waals surface area contributed by atoms with Crippen LogP contribution in [0.3, 0.4) is 0 Å². The van der Waals surface area contributed by atoms with Crippen LogP contribution in [0.15, 0.2) is 53.1 Å². The summed E-state index contributed by atoms with van der Waals surface area (Å²) in [5, 5.41) is 15.9. The fourth-order valence-corrected chi connectivity index (χ4v) is 2.72. The number of hydrogen-bond donors (Lipinski definition) is 0. The minimum absolute atomic E-state index is 0.00271. The summed E-state index contributed by atoms with van der Waals surface area (Å²) in [5.41, 5.74) is 1.17. The van der Waals surface area contributed by atoms with Crippen molar-refractivity contribution >= 4 is 5.91 Å². The molecule has 2 aromatic carbocycles. The molecule has 0 spiro atoms. The summed E-state index contributed by atoms with van der Waals surface area (Å²) in [6.07, 6.45) is 0. The van der Waals surface area contributed by atoms with E-state index in [9.17, 15) is 9.90 Å². The standard InChI is InChI=1S/C19H19N3O5/c1-21(18(23)17-15(25-2)10-7-11-16(17)26-3)12-14-19(24)27-20-22(14)13-8-5-4-6-9-13/h4-11H,12H2,1-3H3. The largest absolute Gasteiger partial charge is 0.539 e. The van der Waals surface area contributed by atoms with Crippen LogP contribution in [0.2, 0.25) is 0 Å². The highest BCUT2D eigenvalue weighted by Crippen LogP contribution is 2.29. The molecule has 0 aliphatic heterocycles. The summed E-state index contributed by atoms with van der Waals surface area (Å²) >= 11 is 0. The van der Waals surface area contributed by atoms with Crippen molar-refractivity contribution < 1.29 is 28.6 Å². The smallest absolute Gasteiger partial charge is 0.261 e. The van der Waals surface area contributed by atoms with Crippen molar-refractivity contribution in [3.8, 4) is 23.1 Å². The Morgan fingerprint density at radius 2 is 1.74 bits per heavy atom. The van der Waals surface area contributed by atoms with Crippen molar-refractivity contribution in [1.82, 2.24) is 10.2 Å². The van der Waals surface area contributed by atoms with Crippen molar-refractivity contribution in [3.05, 3.63) is 59.8 Å². The van der Waals surface area contributed by atoms with E-state index in [2.05, 4.69) is 5.27 Å². The molecule has 140 valence electrons. The van der Waals surface area contributed by atoms with E-state index in [0.29, 0.717) is 17.2 Å². The molecule has 1 heterocycles. The van der Waals surface area contributed by atoms with E-state index in [1.165, 1.54) is 23.8 Å². The van der Waals surface area contributed by atoms with E-state index < -0.39 is 5.95 Å². The quantitative estimate of drug-likeness (QED) is 0.609. The maximum absolute atomic E-state index is 13.0. The summed E-state index contributed by atoms with van der Waals surface area (Å²) < 4.78 is 16.7. The van der Waals surface area contributed by atoms with Crippen molar-refractivity contribution in [3.63, 3.8) is 0 Å². The third kappa shape index (κ3) is 3.55. The van der Waals surface area contributed by atoms with Crippen LogP contribution in [0.4, 0.5) is 0 Å². The second-order valence-electron chi connectivity index (χ2n) is 5.75. The lowest BCUT2D eigenvalue weighted by molar-refractivity contribution is -0.678. The van der Waals surface area contributed by atoms with Gasteiger partial charge < -0.3 is 24.0 Å². The molecule has 3 rings (SSSR count). The second-order valence-corrected chi connectivity index (χ2v) is 5.75. The highest BCUT2D eigenvalue weighted by atomic mass is 16.6. The van der Waals surface area contributed by atoms with Gasteiger partial charge in [-0.25, -0.2) is 0 Å². The van der Waals surface area contributed by atoms with Crippen LogP contribution < -0.4 is 19.3 Å². The Bertz CT molecular complexity index is 918. The molecular weight excluding hydrogens is 350 g/mol. The maximum Gasteiger partial charge on any atom is 0.261 e. The number of aromatic nitrogens is 2. The topological polar surface area (TPSA) is 91.7 Å². The van der Waals surface area contributed by atoms with Gasteiger partial charge in [0.15, 0.2) is 5.95 Å². The predicted octanol–water partition coefficient (Wildman–Crippen LogP) is 1.31. The fraction of sp³-hybridized carbons (Fsp3) is 0.211. The monoisotopic (exact) mass is 369 g/mol.